The lowest BCUT2D eigenvalue weighted by atomic mass is 9.99. The van der Waals surface area contributed by atoms with Crippen LogP contribution in [-0.4, -0.2) is 17.6 Å². The molecule has 1 heterocycles. The first kappa shape index (κ1) is 13.7. The van der Waals surface area contributed by atoms with Gasteiger partial charge in [0.05, 0.1) is 6.54 Å². The van der Waals surface area contributed by atoms with E-state index in [-0.39, 0.29) is 6.54 Å². The van der Waals surface area contributed by atoms with Gasteiger partial charge in [-0.2, -0.15) is 0 Å². The van der Waals surface area contributed by atoms with Crippen LogP contribution in [0.3, 0.4) is 0 Å². The Labute approximate surface area is 118 Å². The Hall–Kier alpha value is -1.77. The molecule has 2 rings (SSSR count). The van der Waals surface area contributed by atoms with Crippen molar-refractivity contribution in [1.82, 2.24) is 5.32 Å². The number of benzene rings is 1. The van der Waals surface area contributed by atoms with E-state index < -0.39 is 11.5 Å². The van der Waals surface area contributed by atoms with E-state index in [4.69, 9.17) is 10.8 Å². The molecule has 0 saturated heterocycles. The molecule has 0 aliphatic carbocycles. The molecule has 1 atom stereocenters. The summed E-state index contributed by atoms with van der Waals surface area (Å²) in [7, 11) is 0. The molecule has 0 spiro atoms. The van der Waals surface area contributed by atoms with E-state index in [9.17, 15) is 9.90 Å². The van der Waals surface area contributed by atoms with E-state index in [0.717, 1.165) is 9.86 Å². The number of hydrogen-bond donors (Lipinski definition) is 2. The second-order valence-corrected chi connectivity index (χ2v) is 5.20. The van der Waals surface area contributed by atoms with Gasteiger partial charge in [-0.3, -0.25) is 5.32 Å². The summed E-state index contributed by atoms with van der Waals surface area (Å²) in [6.45, 7) is 1.67. The fourth-order valence-corrected chi connectivity index (χ4v) is 2.14. The first-order valence-electron chi connectivity index (χ1n) is 5.59. The zero-order chi connectivity index (χ0) is 14.0. The monoisotopic (exact) mass is 321 g/mol. The maximum atomic E-state index is 11.5. The minimum absolute atomic E-state index is 0.142. The summed E-state index contributed by atoms with van der Waals surface area (Å²) >= 11 is 3.36. The average Bonchev–Trinajstić information content (AvgIpc) is 2.78. The van der Waals surface area contributed by atoms with E-state index in [2.05, 4.69) is 27.2 Å². The van der Waals surface area contributed by atoms with E-state index in [0.29, 0.717) is 11.3 Å². The van der Waals surface area contributed by atoms with Gasteiger partial charge in [-0.1, -0.05) is 21.9 Å². The molecule has 0 amide bonds. The molecule has 0 fully saturated rings. The highest BCUT2D eigenvalue weighted by molar-refractivity contribution is 9.10. The average molecular weight is 322 g/mol. The lowest BCUT2D eigenvalue weighted by Crippen LogP contribution is -2.46. The van der Waals surface area contributed by atoms with Crippen LogP contribution in [0.2, 0.25) is 0 Å². The Balaban J connectivity index is 2.51. The van der Waals surface area contributed by atoms with Crippen molar-refractivity contribution in [2.24, 2.45) is 0 Å². The predicted octanol–water partition coefficient (Wildman–Crippen LogP) is 2.72. The third kappa shape index (κ3) is 2.50. The molecule has 0 aliphatic heterocycles. The number of terminal acetylenes is 1. The number of furan rings is 1. The van der Waals surface area contributed by atoms with Crippen molar-refractivity contribution in [3.63, 3.8) is 0 Å². The van der Waals surface area contributed by atoms with Gasteiger partial charge in [0.25, 0.3) is 0 Å². The van der Waals surface area contributed by atoms with Crippen LogP contribution in [0, 0.1) is 12.3 Å². The highest BCUT2D eigenvalue weighted by Crippen LogP contribution is 2.30. The summed E-state index contributed by atoms with van der Waals surface area (Å²) in [6, 6.07) is 7.19. The molecule has 2 aromatic rings. The Morgan fingerprint density at radius 1 is 1.58 bits per heavy atom. The molecule has 1 aromatic carbocycles. The standard InChI is InChI=1S/C14H12BrNO3/c1-3-6-16-14(2,13(17)18)12-8-9-7-10(15)4-5-11(9)19-12/h1,4-5,7-8,16H,6H2,2H3,(H,17,18). The Bertz CT molecular complexity index is 671. The summed E-state index contributed by atoms with van der Waals surface area (Å²) in [6.07, 6.45) is 5.17. The summed E-state index contributed by atoms with van der Waals surface area (Å²) in [5, 5.41) is 13.0. The molecule has 1 aromatic heterocycles. The zero-order valence-corrected chi connectivity index (χ0v) is 11.8. The molecular formula is C14H12BrNO3. The Morgan fingerprint density at radius 3 is 2.95 bits per heavy atom. The molecule has 4 nitrogen and oxygen atoms in total. The lowest BCUT2D eigenvalue weighted by Gasteiger charge is -2.22. The van der Waals surface area contributed by atoms with Gasteiger partial charge in [-0.25, -0.2) is 4.79 Å². The highest BCUT2D eigenvalue weighted by atomic mass is 79.9. The maximum absolute atomic E-state index is 11.5. The number of rotatable bonds is 4. The molecule has 5 heteroatoms. The van der Waals surface area contributed by atoms with Gasteiger partial charge in [-0.15, -0.1) is 6.42 Å². The molecule has 0 saturated carbocycles. The first-order valence-corrected chi connectivity index (χ1v) is 6.38. The summed E-state index contributed by atoms with van der Waals surface area (Å²) < 4.78 is 6.52. The fourth-order valence-electron chi connectivity index (χ4n) is 1.76. The third-order valence-electron chi connectivity index (χ3n) is 2.94. The van der Waals surface area contributed by atoms with Crippen LogP contribution in [0.4, 0.5) is 0 Å². The van der Waals surface area contributed by atoms with Crippen molar-refractivity contribution in [3.8, 4) is 12.3 Å². The molecule has 0 aliphatic rings. The lowest BCUT2D eigenvalue weighted by molar-refractivity contribution is -0.145. The minimum Gasteiger partial charge on any atom is -0.480 e. The Kier molecular flexibility index (Phi) is 3.65. The van der Waals surface area contributed by atoms with Crippen molar-refractivity contribution in [3.05, 3.63) is 34.5 Å². The van der Waals surface area contributed by atoms with E-state index in [1.165, 1.54) is 6.92 Å². The second kappa shape index (κ2) is 5.08. The molecule has 19 heavy (non-hydrogen) atoms. The number of hydrogen-bond acceptors (Lipinski definition) is 3. The van der Waals surface area contributed by atoms with E-state index in [1.807, 2.05) is 12.1 Å². The van der Waals surface area contributed by atoms with Gasteiger partial charge in [0.15, 0.2) is 5.54 Å². The van der Waals surface area contributed by atoms with Crippen LogP contribution in [-0.2, 0) is 10.3 Å². The first-order chi connectivity index (χ1) is 8.97. The van der Waals surface area contributed by atoms with Crippen LogP contribution >= 0.6 is 15.9 Å². The number of aliphatic carboxylic acids is 1. The number of halogens is 1. The summed E-state index contributed by atoms with van der Waals surface area (Å²) in [5.74, 6) is 1.65. The highest BCUT2D eigenvalue weighted by Gasteiger charge is 2.38. The van der Waals surface area contributed by atoms with Gasteiger partial charge in [0, 0.05) is 9.86 Å². The largest absolute Gasteiger partial charge is 0.480 e. The van der Waals surface area contributed by atoms with Crippen LogP contribution in [0.1, 0.15) is 12.7 Å². The molecule has 98 valence electrons. The quantitative estimate of drug-likeness (QED) is 0.850. The normalized spacial score (nSPS) is 13.9. The van der Waals surface area contributed by atoms with Gasteiger partial charge in [0.1, 0.15) is 11.3 Å². The van der Waals surface area contributed by atoms with Crippen molar-refractivity contribution < 1.29 is 14.3 Å². The van der Waals surface area contributed by atoms with E-state index >= 15 is 0 Å². The molecular weight excluding hydrogens is 310 g/mol. The van der Waals surface area contributed by atoms with E-state index in [1.54, 1.807) is 12.1 Å². The molecule has 2 N–H and O–H groups in total. The molecule has 0 radical (unpaired) electrons. The third-order valence-corrected chi connectivity index (χ3v) is 3.44. The van der Waals surface area contributed by atoms with Crippen molar-refractivity contribution in [2.75, 3.05) is 6.54 Å². The fraction of sp³-hybridized carbons (Fsp3) is 0.214. The number of carbonyl (C=O) groups is 1. The van der Waals surface area contributed by atoms with Gasteiger partial charge >= 0.3 is 5.97 Å². The van der Waals surface area contributed by atoms with Crippen LogP contribution in [0.25, 0.3) is 11.0 Å². The van der Waals surface area contributed by atoms with Crippen LogP contribution in [0.5, 0.6) is 0 Å². The number of carboxylic acids is 1. The second-order valence-electron chi connectivity index (χ2n) is 4.28. The predicted molar refractivity (Wildman–Crippen MR) is 75.7 cm³/mol. The topological polar surface area (TPSA) is 62.5 Å². The Morgan fingerprint density at radius 2 is 2.32 bits per heavy atom. The minimum atomic E-state index is -1.35. The van der Waals surface area contributed by atoms with Crippen molar-refractivity contribution >= 4 is 32.9 Å². The smallest absolute Gasteiger partial charge is 0.331 e. The van der Waals surface area contributed by atoms with Gasteiger partial charge in [-0.05, 0) is 31.2 Å². The van der Waals surface area contributed by atoms with Crippen LogP contribution < -0.4 is 5.32 Å². The van der Waals surface area contributed by atoms with Crippen molar-refractivity contribution in [2.45, 2.75) is 12.5 Å². The molecule has 1 unspecified atom stereocenters. The summed E-state index contributed by atoms with van der Waals surface area (Å²) in [5.41, 5.74) is -0.717. The SMILES string of the molecule is C#CCNC(C)(C(=O)O)c1cc2cc(Br)ccc2o1. The van der Waals surface area contributed by atoms with Crippen molar-refractivity contribution in [1.29, 1.82) is 0 Å². The van der Waals surface area contributed by atoms with Gasteiger partial charge < -0.3 is 9.52 Å². The summed E-state index contributed by atoms with van der Waals surface area (Å²) in [4.78, 5) is 11.5. The zero-order valence-electron chi connectivity index (χ0n) is 10.2. The maximum Gasteiger partial charge on any atom is 0.331 e. The number of carboxylic acid groups (broad SMARTS) is 1. The van der Waals surface area contributed by atoms with Gasteiger partial charge in [0.2, 0.25) is 0 Å². The number of nitrogens with one attached hydrogen (secondary N) is 1. The van der Waals surface area contributed by atoms with Crippen LogP contribution in [0.15, 0.2) is 33.2 Å². The number of fused-ring (bicyclic) bond motifs is 1. The molecule has 0 bridgehead atoms.